The molecular weight excluding hydrogens is 372 g/mol. The number of benzene rings is 2. The molecule has 5 nitrogen and oxygen atoms in total. The zero-order valence-corrected chi connectivity index (χ0v) is 17.1. The first-order valence-electron chi connectivity index (χ1n) is 8.92. The molecule has 0 saturated heterocycles. The standard InChI is InChI=1S/C22H22N2O3S/c1-13-7-5-10-18-14(2)11-19(24-20(13)18)28-15(3)21(25)23-17-9-6-8-16(12-17)22(26)27-4/h5-12,15H,1-4H3,(H,23,25). The molecule has 0 aliphatic rings. The van der Waals surface area contributed by atoms with E-state index in [1.165, 1.54) is 18.9 Å². The number of amides is 1. The van der Waals surface area contributed by atoms with E-state index < -0.39 is 5.97 Å². The average molecular weight is 394 g/mol. The van der Waals surface area contributed by atoms with E-state index in [1.54, 1.807) is 24.3 Å². The molecule has 0 radical (unpaired) electrons. The van der Waals surface area contributed by atoms with Gasteiger partial charge in [0.2, 0.25) is 5.91 Å². The van der Waals surface area contributed by atoms with Crippen molar-refractivity contribution in [1.29, 1.82) is 0 Å². The molecular formula is C22H22N2O3S. The maximum atomic E-state index is 12.6. The number of nitrogens with one attached hydrogen (secondary N) is 1. The fraction of sp³-hybridized carbons (Fsp3) is 0.227. The van der Waals surface area contributed by atoms with Crippen molar-refractivity contribution in [3.63, 3.8) is 0 Å². The van der Waals surface area contributed by atoms with Crippen molar-refractivity contribution in [3.8, 4) is 0 Å². The summed E-state index contributed by atoms with van der Waals surface area (Å²) < 4.78 is 4.71. The van der Waals surface area contributed by atoms with Gasteiger partial charge in [-0.05, 0) is 56.2 Å². The van der Waals surface area contributed by atoms with Crippen LogP contribution in [0.2, 0.25) is 0 Å². The number of aromatic nitrogens is 1. The number of anilines is 1. The molecule has 1 atom stereocenters. The van der Waals surface area contributed by atoms with Gasteiger partial charge in [-0.3, -0.25) is 4.79 Å². The quantitative estimate of drug-likeness (QED) is 0.499. The second-order valence-electron chi connectivity index (χ2n) is 6.57. The number of nitrogens with zero attached hydrogens (tertiary/aromatic N) is 1. The molecule has 0 bridgehead atoms. The molecule has 0 fully saturated rings. The normalized spacial score (nSPS) is 11.9. The SMILES string of the molecule is COC(=O)c1cccc(NC(=O)C(C)Sc2cc(C)c3cccc(C)c3n2)c1. The van der Waals surface area contributed by atoms with Crippen LogP contribution < -0.4 is 5.32 Å². The van der Waals surface area contributed by atoms with Crippen LogP contribution in [-0.2, 0) is 9.53 Å². The largest absolute Gasteiger partial charge is 0.465 e. The first kappa shape index (κ1) is 19.9. The first-order valence-corrected chi connectivity index (χ1v) is 9.80. The molecule has 0 saturated carbocycles. The van der Waals surface area contributed by atoms with Crippen molar-refractivity contribution in [2.45, 2.75) is 31.0 Å². The van der Waals surface area contributed by atoms with Crippen molar-refractivity contribution < 1.29 is 14.3 Å². The third kappa shape index (κ3) is 4.34. The van der Waals surface area contributed by atoms with Gasteiger partial charge >= 0.3 is 5.97 Å². The molecule has 144 valence electrons. The second-order valence-corrected chi connectivity index (χ2v) is 7.93. The molecule has 1 amide bonds. The molecule has 0 aliphatic heterocycles. The van der Waals surface area contributed by atoms with E-state index in [0.29, 0.717) is 11.3 Å². The molecule has 28 heavy (non-hydrogen) atoms. The number of rotatable bonds is 5. The van der Waals surface area contributed by atoms with Gasteiger partial charge in [-0.2, -0.15) is 0 Å². The number of para-hydroxylation sites is 1. The number of thioether (sulfide) groups is 1. The van der Waals surface area contributed by atoms with Gasteiger partial charge in [0.05, 0.1) is 28.5 Å². The number of ether oxygens (including phenoxy) is 1. The van der Waals surface area contributed by atoms with Crippen LogP contribution in [0, 0.1) is 13.8 Å². The Labute approximate surface area is 168 Å². The Morgan fingerprint density at radius 2 is 1.82 bits per heavy atom. The highest BCUT2D eigenvalue weighted by Gasteiger charge is 2.17. The minimum absolute atomic E-state index is 0.156. The van der Waals surface area contributed by atoms with Crippen LogP contribution in [0.15, 0.2) is 53.6 Å². The molecule has 3 aromatic rings. The summed E-state index contributed by atoms with van der Waals surface area (Å²) in [6.07, 6.45) is 0. The van der Waals surface area contributed by atoms with Gasteiger partial charge in [0.25, 0.3) is 0 Å². The highest BCUT2D eigenvalue weighted by atomic mass is 32.2. The molecule has 1 unspecified atom stereocenters. The summed E-state index contributed by atoms with van der Waals surface area (Å²) in [7, 11) is 1.33. The Balaban J connectivity index is 1.75. The second kappa shape index (κ2) is 8.44. The minimum Gasteiger partial charge on any atom is -0.465 e. The summed E-state index contributed by atoms with van der Waals surface area (Å²) >= 11 is 1.41. The van der Waals surface area contributed by atoms with E-state index in [2.05, 4.69) is 18.3 Å². The Morgan fingerprint density at radius 3 is 2.57 bits per heavy atom. The summed E-state index contributed by atoms with van der Waals surface area (Å²) in [6.45, 7) is 5.92. The maximum Gasteiger partial charge on any atom is 0.337 e. The number of methoxy groups -OCH3 is 1. The van der Waals surface area contributed by atoms with Crippen molar-refractivity contribution in [1.82, 2.24) is 4.98 Å². The van der Waals surface area contributed by atoms with Crippen LogP contribution in [0.3, 0.4) is 0 Å². The fourth-order valence-electron chi connectivity index (χ4n) is 2.91. The highest BCUT2D eigenvalue weighted by molar-refractivity contribution is 8.00. The third-order valence-electron chi connectivity index (χ3n) is 4.44. The van der Waals surface area contributed by atoms with Crippen LogP contribution >= 0.6 is 11.8 Å². The maximum absolute atomic E-state index is 12.6. The Bertz CT molecular complexity index is 1050. The number of fused-ring (bicyclic) bond motifs is 1. The van der Waals surface area contributed by atoms with Crippen molar-refractivity contribution in [3.05, 3.63) is 65.2 Å². The lowest BCUT2D eigenvalue weighted by Gasteiger charge is -2.14. The lowest BCUT2D eigenvalue weighted by Crippen LogP contribution is -2.22. The molecule has 0 aliphatic carbocycles. The van der Waals surface area contributed by atoms with Gasteiger partial charge < -0.3 is 10.1 Å². The molecule has 0 spiro atoms. The third-order valence-corrected chi connectivity index (χ3v) is 5.46. The predicted octanol–water partition coefficient (Wildman–Crippen LogP) is 4.76. The van der Waals surface area contributed by atoms with E-state index in [0.717, 1.165) is 27.1 Å². The molecule has 1 heterocycles. The van der Waals surface area contributed by atoms with Crippen molar-refractivity contribution >= 4 is 40.2 Å². The Morgan fingerprint density at radius 1 is 1.07 bits per heavy atom. The van der Waals surface area contributed by atoms with Crippen LogP contribution in [0.1, 0.15) is 28.4 Å². The monoisotopic (exact) mass is 394 g/mol. The number of hydrogen-bond donors (Lipinski definition) is 1. The minimum atomic E-state index is -0.440. The van der Waals surface area contributed by atoms with Gasteiger partial charge in [0.1, 0.15) is 0 Å². The lowest BCUT2D eigenvalue weighted by atomic mass is 10.1. The smallest absolute Gasteiger partial charge is 0.337 e. The van der Waals surface area contributed by atoms with Gasteiger partial charge in [-0.25, -0.2) is 9.78 Å². The van der Waals surface area contributed by atoms with Crippen LogP contribution in [0.5, 0.6) is 0 Å². The van der Waals surface area contributed by atoms with E-state index >= 15 is 0 Å². The first-order chi connectivity index (χ1) is 13.4. The van der Waals surface area contributed by atoms with E-state index in [4.69, 9.17) is 9.72 Å². The van der Waals surface area contributed by atoms with E-state index in [-0.39, 0.29) is 11.2 Å². The number of esters is 1. The predicted molar refractivity (Wildman–Crippen MR) is 113 cm³/mol. The summed E-state index contributed by atoms with van der Waals surface area (Å²) in [4.78, 5) is 29.0. The average Bonchev–Trinajstić information content (AvgIpc) is 2.68. The van der Waals surface area contributed by atoms with Gasteiger partial charge in [-0.15, -0.1) is 0 Å². The number of hydrogen-bond acceptors (Lipinski definition) is 5. The number of pyridine rings is 1. The Hall–Kier alpha value is -2.86. The zero-order chi connectivity index (χ0) is 20.3. The number of carbonyl (C=O) groups excluding carboxylic acids is 2. The van der Waals surface area contributed by atoms with Gasteiger partial charge in [0.15, 0.2) is 0 Å². The van der Waals surface area contributed by atoms with E-state index in [9.17, 15) is 9.59 Å². The molecule has 2 aromatic carbocycles. The topological polar surface area (TPSA) is 68.3 Å². The molecule has 1 N–H and O–H groups in total. The van der Waals surface area contributed by atoms with E-state index in [1.807, 2.05) is 32.0 Å². The van der Waals surface area contributed by atoms with Crippen LogP contribution in [0.25, 0.3) is 10.9 Å². The number of aryl methyl sites for hydroxylation is 2. The van der Waals surface area contributed by atoms with Crippen molar-refractivity contribution in [2.75, 3.05) is 12.4 Å². The zero-order valence-electron chi connectivity index (χ0n) is 16.3. The van der Waals surface area contributed by atoms with Crippen LogP contribution in [0.4, 0.5) is 5.69 Å². The molecule has 1 aromatic heterocycles. The van der Waals surface area contributed by atoms with Crippen molar-refractivity contribution in [2.24, 2.45) is 0 Å². The summed E-state index contributed by atoms with van der Waals surface area (Å²) in [5.74, 6) is -0.596. The summed E-state index contributed by atoms with van der Waals surface area (Å²) in [6, 6.07) is 14.8. The summed E-state index contributed by atoms with van der Waals surface area (Å²) in [5, 5.41) is 4.43. The Kier molecular flexibility index (Phi) is 5.99. The molecule has 3 rings (SSSR count). The summed E-state index contributed by atoms with van der Waals surface area (Å²) in [5.41, 5.74) is 4.15. The number of carbonyl (C=O) groups is 2. The van der Waals surface area contributed by atoms with Crippen LogP contribution in [-0.4, -0.2) is 29.2 Å². The fourth-order valence-corrected chi connectivity index (χ4v) is 3.83. The lowest BCUT2D eigenvalue weighted by molar-refractivity contribution is -0.115. The highest BCUT2D eigenvalue weighted by Crippen LogP contribution is 2.28. The van der Waals surface area contributed by atoms with Gasteiger partial charge in [-0.1, -0.05) is 36.0 Å². The molecule has 6 heteroatoms. The van der Waals surface area contributed by atoms with Gasteiger partial charge in [0, 0.05) is 11.1 Å².